The minimum atomic E-state index is 0.653. The zero-order chi connectivity index (χ0) is 26.5. The van der Waals surface area contributed by atoms with Crippen LogP contribution >= 0.6 is 0 Å². The molecule has 3 heteroatoms. The summed E-state index contributed by atoms with van der Waals surface area (Å²) in [5.74, 6) is 6.80. The third-order valence-electron chi connectivity index (χ3n) is 7.12. The minimum absolute atomic E-state index is 0.653. The number of nitrogens with two attached hydrogens (primary N) is 1. The molecule has 0 aliphatic heterocycles. The van der Waals surface area contributed by atoms with Crippen LogP contribution < -0.4 is 10.7 Å². The molecule has 0 saturated carbocycles. The second-order valence-electron chi connectivity index (χ2n) is 9.48. The van der Waals surface area contributed by atoms with E-state index in [0.717, 1.165) is 40.7 Å². The number of hydrogen-bond donors (Lipinski definition) is 1. The number of nitrogens with zero attached hydrogens (tertiary/aromatic N) is 2. The molecule has 3 nitrogen and oxygen atoms in total. The first-order chi connectivity index (χ1) is 18.7. The quantitative estimate of drug-likeness (QED) is 0.0725. The molecule has 0 fully saturated rings. The molecular weight excluding hydrogens is 462 g/mol. The van der Waals surface area contributed by atoms with Gasteiger partial charge in [0.05, 0.1) is 5.70 Å². The molecule has 0 saturated heterocycles. The van der Waals surface area contributed by atoms with Gasteiger partial charge in [0.2, 0.25) is 0 Å². The Balaban J connectivity index is 1.80. The molecule has 0 atom stereocenters. The maximum atomic E-state index is 6.15. The first kappa shape index (κ1) is 25.0. The molecule has 0 unspecified atom stereocenters. The number of anilines is 1. The van der Waals surface area contributed by atoms with Gasteiger partial charge in [-0.05, 0) is 72.0 Å². The molecule has 4 aromatic rings. The van der Waals surface area contributed by atoms with Gasteiger partial charge < -0.3 is 5.84 Å². The Hall–Kier alpha value is -4.63. The molecule has 2 N–H and O–H groups in total. The lowest BCUT2D eigenvalue weighted by Crippen LogP contribution is -2.32. The Morgan fingerprint density at radius 3 is 2.39 bits per heavy atom. The van der Waals surface area contributed by atoms with Gasteiger partial charge >= 0.3 is 0 Å². The van der Waals surface area contributed by atoms with Crippen molar-refractivity contribution < 1.29 is 0 Å². The van der Waals surface area contributed by atoms with Gasteiger partial charge in [-0.3, -0.25) is 4.90 Å². The number of hydrazone groups is 1. The van der Waals surface area contributed by atoms with E-state index < -0.39 is 0 Å². The first-order valence-electron chi connectivity index (χ1n) is 13.1. The molecule has 0 heterocycles. The Morgan fingerprint density at radius 1 is 0.921 bits per heavy atom. The van der Waals surface area contributed by atoms with E-state index in [4.69, 9.17) is 5.84 Å². The molecule has 5 rings (SSSR count). The van der Waals surface area contributed by atoms with Gasteiger partial charge in [-0.15, -0.1) is 0 Å². The average molecular weight is 496 g/mol. The molecule has 4 aromatic carbocycles. The molecule has 1 aliphatic carbocycles. The summed E-state index contributed by atoms with van der Waals surface area (Å²) in [6, 6.07) is 29.5. The predicted octanol–water partition coefficient (Wildman–Crippen LogP) is 8.80. The summed E-state index contributed by atoms with van der Waals surface area (Å²) >= 11 is 0. The van der Waals surface area contributed by atoms with E-state index in [2.05, 4.69) is 102 Å². The van der Waals surface area contributed by atoms with Crippen molar-refractivity contribution >= 4 is 33.1 Å². The summed E-state index contributed by atoms with van der Waals surface area (Å²) in [4.78, 5) is 2.13. The highest BCUT2D eigenvalue weighted by molar-refractivity contribution is 6.14. The SMILES string of the molecule is C=C/C(=C(\C=C/C)C1=C(C)CCC=C1)N(/C(=N\N)c1ccccc1)c1ccc2c(ccc3ccccc32)c1. The average Bonchev–Trinajstić information content (AvgIpc) is 2.97. The van der Waals surface area contributed by atoms with Crippen molar-refractivity contribution in [3.8, 4) is 0 Å². The maximum absolute atomic E-state index is 6.15. The predicted molar refractivity (Wildman–Crippen MR) is 164 cm³/mol. The molecule has 0 spiro atoms. The van der Waals surface area contributed by atoms with E-state index in [0.29, 0.717) is 5.84 Å². The van der Waals surface area contributed by atoms with Crippen molar-refractivity contribution in [2.75, 3.05) is 4.90 Å². The summed E-state index contributed by atoms with van der Waals surface area (Å²) in [5.41, 5.74) is 6.48. The lowest BCUT2D eigenvalue weighted by Gasteiger charge is -2.30. The third kappa shape index (κ3) is 4.71. The first-order valence-corrected chi connectivity index (χ1v) is 13.1. The standard InChI is InChI=1S/C35H33N3/c1-4-13-33(30-18-11-9-14-25(30)3)34(5-2)38(35(37-36)27-16-7-6-8-17-27)29-22-23-32-28(24-29)21-20-26-15-10-12-19-31(26)32/h4-8,10-13,15-24H,2,9,14,36H2,1,3H3/b13-4-,34-33-,37-35-. The summed E-state index contributed by atoms with van der Waals surface area (Å²) in [5, 5.41) is 9.17. The molecule has 0 bridgehead atoms. The third-order valence-corrected chi connectivity index (χ3v) is 7.12. The van der Waals surface area contributed by atoms with Crippen LogP contribution in [0.4, 0.5) is 5.69 Å². The van der Waals surface area contributed by atoms with Crippen LogP contribution in [0.2, 0.25) is 0 Å². The minimum Gasteiger partial charge on any atom is -0.321 e. The van der Waals surface area contributed by atoms with Crippen molar-refractivity contribution in [3.63, 3.8) is 0 Å². The van der Waals surface area contributed by atoms with Crippen molar-refractivity contribution in [2.24, 2.45) is 10.9 Å². The van der Waals surface area contributed by atoms with E-state index in [1.54, 1.807) is 0 Å². The molecule has 1 aliphatic rings. The second-order valence-corrected chi connectivity index (χ2v) is 9.48. The van der Waals surface area contributed by atoms with E-state index in [9.17, 15) is 0 Å². The Morgan fingerprint density at radius 2 is 1.66 bits per heavy atom. The summed E-state index contributed by atoms with van der Waals surface area (Å²) in [6.45, 7) is 8.53. The second kappa shape index (κ2) is 11.2. The monoisotopic (exact) mass is 495 g/mol. The van der Waals surface area contributed by atoms with Crippen LogP contribution in [-0.2, 0) is 0 Å². The fraction of sp³-hybridized carbons (Fsp3) is 0.114. The summed E-state index contributed by atoms with van der Waals surface area (Å²) in [7, 11) is 0. The van der Waals surface area contributed by atoms with Crippen LogP contribution in [0.3, 0.4) is 0 Å². The molecule has 0 aromatic heterocycles. The molecule has 0 amide bonds. The largest absolute Gasteiger partial charge is 0.321 e. The van der Waals surface area contributed by atoms with Gasteiger partial charge in [-0.2, -0.15) is 5.10 Å². The van der Waals surface area contributed by atoms with Crippen LogP contribution in [0, 0.1) is 0 Å². The summed E-state index contributed by atoms with van der Waals surface area (Å²) in [6.07, 6.45) is 12.7. The van der Waals surface area contributed by atoms with Crippen LogP contribution in [0.15, 0.2) is 149 Å². The molecule has 38 heavy (non-hydrogen) atoms. The van der Waals surface area contributed by atoms with Gasteiger partial charge in [0.25, 0.3) is 0 Å². The van der Waals surface area contributed by atoms with Gasteiger partial charge in [0, 0.05) is 16.8 Å². The van der Waals surface area contributed by atoms with Gasteiger partial charge in [0.15, 0.2) is 5.84 Å². The van der Waals surface area contributed by atoms with Crippen molar-refractivity contribution in [1.82, 2.24) is 0 Å². The highest BCUT2D eigenvalue weighted by Crippen LogP contribution is 2.35. The van der Waals surface area contributed by atoms with Gasteiger partial charge in [-0.25, -0.2) is 0 Å². The van der Waals surface area contributed by atoms with E-state index in [1.807, 2.05) is 43.3 Å². The topological polar surface area (TPSA) is 41.6 Å². The Labute approximate surface area is 225 Å². The maximum Gasteiger partial charge on any atom is 0.164 e. The number of fused-ring (bicyclic) bond motifs is 3. The van der Waals surface area contributed by atoms with Crippen molar-refractivity contribution in [3.05, 3.63) is 150 Å². The van der Waals surface area contributed by atoms with E-state index in [-0.39, 0.29) is 0 Å². The Bertz CT molecular complexity index is 1650. The number of hydrogen-bond acceptors (Lipinski definition) is 2. The zero-order valence-electron chi connectivity index (χ0n) is 22.1. The normalized spacial score (nSPS) is 14.8. The summed E-state index contributed by atoms with van der Waals surface area (Å²) < 4.78 is 0. The molecule has 188 valence electrons. The van der Waals surface area contributed by atoms with Crippen LogP contribution in [0.5, 0.6) is 0 Å². The number of amidine groups is 1. The highest BCUT2D eigenvalue weighted by Gasteiger charge is 2.23. The Kier molecular flexibility index (Phi) is 7.37. The number of benzene rings is 4. The fourth-order valence-electron chi connectivity index (χ4n) is 5.26. The molecule has 0 radical (unpaired) electrons. The lowest BCUT2D eigenvalue weighted by atomic mass is 9.91. The highest BCUT2D eigenvalue weighted by atomic mass is 15.3. The van der Waals surface area contributed by atoms with Crippen molar-refractivity contribution in [2.45, 2.75) is 26.7 Å². The van der Waals surface area contributed by atoms with Crippen molar-refractivity contribution in [1.29, 1.82) is 0 Å². The fourth-order valence-corrected chi connectivity index (χ4v) is 5.26. The van der Waals surface area contributed by atoms with Crippen LogP contribution in [-0.4, -0.2) is 5.84 Å². The number of allylic oxidation sites excluding steroid dienone is 8. The van der Waals surface area contributed by atoms with E-state index in [1.165, 1.54) is 27.3 Å². The number of rotatable bonds is 6. The van der Waals surface area contributed by atoms with Crippen LogP contribution in [0.25, 0.3) is 21.5 Å². The lowest BCUT2D eigenvalue weighted by molar-refractivity contribution is 0.942. The molecular formula is C35H33N3. The van der Waals surface area contributed by atoms with Gasteiger partial charge in [-0.1, -0.05) is 109 Å². The van der Waals surface area contributed by atoms with Gasteiger partial charge in [0.1, 0.15) is 0 Å². The smallest absolute Gasteiger partial charge is 0.164 e. The van der Waals surface area contributed by atoms with Crippen LogP contribution in [0.1, 0.15) is 32.3 Å². The van der Waals surface area contributed by atoms with E-state index >= 15 is 0 Å². The zero-order valence-corrected chi connectivity index (χ0v) is 22.1.